The Balaban J connectivity index is 2.40. The maximum atomic E-state index is 12.3. The Hall–Kier alpha value is -2.55. The first kappa shape index (κ1) is 18.2. The average Bonchev–Trinajstić information content (AvgIpc) is 2.73. The zero-order chi connectivity index (χ0) is 18.6. The number of benzene rings is 3. The Labute approximate surface area is 154 Å². The van der Waals surface area contributed by atoms with Crippen LogP contribution in [0.2, 0.25) is 0 Å². The summed E-state index contributed by atoms with van der Waals surface area (Å²) in [6, 6.07) is 22.7. The first-order valence-corrected chi connectivity index (χ1v) is 10.2. The van der Waals surface area contributed by atoms with Gasteiger partial charge in [0.15, 0.2) is 0 Å². The van der Waals surface area contributed by atoms with Gasteiger partial charge in [-0.25, -0.2) is 0 Å². The number of rotatable bonds is 6. The van der Waals surface area contributed by atoms with Crippen molar-refractivity contribution in [3.05, 3.63) is 72.8 Å². The van der Waals surface area contributed by atoms with Crippen molar-refractivity contribution in [2.45, 2.75) is 0 Å². The molecule has 0 aliphatic carbocycles. The number of hydrogen-bond donors (Lipinski definition) is 1. The third-order valence-electron chi connectivity index (χ3n) is 4.49. The summed E-state index contributed by atoms with van der Waals surface area (Å²) in [4.78, 5) is 12.3. The Kier molecular flexibility index (Phi) is 5.46. The first-order chi connectivity index (χ1) is 12.7. The van der Waals surface area contributed by atoms with Gasteiger partial charge in [0.25, 0.3) is 0 Å². The molecule has 0 amide bonds. The third-order valence-corrected chi connectivity index (χ3v) is 8.07. The van der Waals surface area contributed by atoms with E-state index in [9.17, 15) is 4.89 Å². The summed E-state index contributed by atoms with van der Waals surface area (Å²) in [6.45, 7) is 0. The molecule has 0 heterocycles. The molecule has 26 heavy (non-hydrogen) atoms. The van der Waals surface area contributed by atoms with Crippen LogP contribution in [0.1, 0.15) is 0 Å². The topological polar surface area (TPSA) is 47.9 Å². The van der Waals surface area contributed by atoms with Gasteiger partial charge in [0.2, 0.25) is 0 Å². The number of methoxy groups -OCH3 is 3. The molecule has 0 aliphatic rings. The summed E-state index contributed by atoms with van der Waals surface area (Å²) >= 11 is 0. The van der Waals surface area contributed by atoms with Gasteiger partial charge in [-0.2, -0.15) is 0 Å². The summed E-state index contributed by atoms with van der Waals surface area (Å²) < 4.78 is 16.7. The van der Waals surface area contributed by atoms with E-state index < -0.39 is 7.49 Å². The summed E-state index contributed by atoms with van der Waals surface area (Å²) in [5, 5.41) is 2.24. The standard InChI is InChI=1S/C21H23O4P/c1-23-16-10-4-7-13-19(16)26(22,20-14-8-5-11-17(20)24-2)21-15-9-6-12-18(21)25-3/h4-15,22,26H,1-3H3. The Morgan fingerprint density at radius 3 is 1.08 bits per heavy atom. The average molecular weight is 370 g/mol. The molecule has 0 atom stereocenters. The minimum atomic E-state index is -3.45. The van der Waals surface area contributed by atoms with Gasteiger partial charge >= 0.3 is 154 Å². The van der Waals surface area contributed by atoms with Crippen LogP contribution in [-0.4, -0.2) is 26.2 Å². The molecular formula is C21H23O4P. The molecule has 3 aromatic rings. The van der Waals surface area contributed by atoms with E-state index in [0.29, 0.717) is 17.2 Å². The summed E-state index contributed by atoms with van der Waals surface area (Å²) in [5.74, 6) is 1.91. The van der Waals surface area contributed by atoms with Gasteiger partial charge in [0.05, 0.1) is 0 Å². The second-order valence-corrected chi connectivity index (χ2v) is 8.85. The molecule has 0 radical (unpaired) electrons. The van der Waals surface area contributed by atoms with Crippen molar-refractivity contribution in [1.82, 2.24) is 0 Å². The van der Waals surface area contributed by atoms with Gasteiger partial charge in [-0.1, -0.05) is 0 Å². The van der Waals surface area contributed by atoms with Gasteiger partial charge < -0.3 is 0 Å². The van der Waals surface area contributed by atoms with Crippen molar-refractivity contribution in [2.75, 3.05) is 21.3 Å². The Morgan fingerprint density at radius 2 is 0.808 bits per heavy atom. The number of ether oxygens (including phenoxy) is 3. The molecule has 0 saturated carbocycles. The fourth-order valence-electron chi connectivity index (χ4n) is 3.27. The van der Waals surface area contributed by atoms with Crippen LogP contribution in [0.15, 0.2) is 72.8 Å². The second kappa shape index (κ2) is 7.77. The van der Waals surface area contributed by atoms with Crippen molar-refractivity contribution in [3.8, 4) is 17.2 Å². The third kappa shape index (κ3) is 3.03. The molecule has 0 saturated heterocycles. The van der Waals surface area contributed by atoms with Gasteiger partial charge in [0.1, 0.15) is 0 Å². The maximum absolute atomic E-state index is 12.3. The molecule has 0 bridgehead atoms. The van der Waals surface area contributed by atoms with Crippen LogP contribution in [0, 0.1) is 0 Å². The van der Waals surface area contributed by atoms with Crippen LogP contribution in [0.5, 0.6) is 17.2 Å². The van der Waals surface area contributed by atoms with Crippen LogP contribution >= 0.6 is 7.49 Å². The van der Waals surface area contributed by atoms with Gasteiger partial charge in [-0.05, 0) is 0 Å². The quantitative estimate of drug-likeness (QED) is 0.678. The van der Waals surface area contributed by atoms with Crippen molar-refractivity contribution in [3.63, 3.8) is 0 Å². The van der Waals surface area contributed by atoms with E-state index >= 15 is 0 Å². The van der Waals surface area contributed by atoms with E-state index in [-0.39, 0.29) is 0 Å². The number of para-hydroxylation sites is 3. The van der Waals surface area contributed by atoms with Crippen molar-refractivity contribution in [1.29, 1.82) is 0 Å². The van der Waals surface area contributed by atoms with E-state index in [1.807, 2.05) is 72.8 Å². The molecule has 0 aliphatic heterocycles. The normalized spacial score (nSPS) is 11.7. The predicted molar refractivity (Wildman–Crippen MR) is 108 cm³/mol. The molecule has 3 aromatic carbocycles. The zero-order valence-corrected chi connectivity index (χ0v) is 16.1. The monoisotopic (exact) mass is 370 g/mol. The van der Waals surface area contributed by atoms with Crippen LogP contribution in [0.25, 0.3) is 0 Å². The molecule has 0 unspecified atom stereocenters. The molecule has 0 spiro atoms. The van der Waals surface area contributed by atoms with E-state index in [4.69, 9.17) is 14.2 Å². The molecule has 5 heteroatoms. The molecule has 3 rings (SSSR count). The van der Waals surface area contributed by atoms with Crippen molar-refractivity contribution < 1.29 is 19.1 Å². The molecule has 4 nitrogen and oxygen atoms in total. The first-order valence-electron chi connectivity index (χ1n) is 8.29. The fourth-order valence-corrected chi connectivity index (χ4v) is 6.77. The zero-order valence-electron chi connectivity index (χ0n) is 15.1. The van der Waals surface area contributed by atoms with E-state index in [2.05, 4.69) is 0 Å². The van der Waals surface area contributed by atoms with Crippen molar-refractivity contribution in [2.24, 2.45) is 0 Å². The van der Waals surface area contributed by atoms with Gasteiger partial charge in [0, 0.05) is 0 Å². The van der Waals surface area contributed by atoms with E-state index in [1.165, 1.54) is 0 Å². The van der Waals surface area contributed by atoms with Crippen LogP contribution in [0.3, 0.4) is 0 Å². The minimum absolute atomic E-state index is 0.637. The number of hydrogen-bond acceptors (Lipinski definition) is 4. The van der Waals surface area contributed by atoms with Crippen LogP contribution in [0.4, 0.5) is 0 Å². The Morgan fingerprint density at radius 1 is 0.538 bits per heavy atom. The SMILES string of the molecule is COc1ccccc1[PH](O)(c1ccccc1OC)c1ccccc1OC. The summed E-state index contributed by atoms with van der Waals surface area (Å²) in [6.07, 6.45) is 0. The molecular weight excluding hydrogens is 347 g/mol. The van der Waals surface area contributed by atoms with Crippen LogP contribution in [-0.2, 0) is 0 Å². The van der Waals surface area contributed by atoms with Crippen molar-refractivity contribution >= 4 is 23.4 Å². The molecule has 0 aromatic heterocycles. The van der Waals surface area contributed by atoms with Crippen LogP contribution < -0.4 is 30.1 Å². The second-order valence-electron chi connectivity index (χ2n) is 5.81. The molecule has 136 valence electrons. The fraction of sp³-hybridized carbons (Fsp3) is 0.143. The Bertz CT molecular complexity index is 779. The predicted octanol–water partition coefficient (Wildman–Crippen LogP) is 2.65. The van der Waals surface area contributed by atoms with E-state index in [0.717, 1.165) is 15.9 Å². The molecule has 0 fully saturated rings. The van der Waals surface area contributed by atoms with E-state index in [1.54, 1.807) is 21.3 Å². The van der Waals surface area contributed by atoms with Gasteiger partial charge in [-0.15, -0.1) is 0 Å². The molecule has 1 N–H and O–H groups in total. The summed E-state index contributed by atoms with van der Waals surface area (Å²) in [7, 11) is 1.38. The summed E-state index contributed by atoms with van der Waals surface area (Å²) in [5.41, 5.74) is 0. The van der Waals surface area contributed by atoms with Gasteiger partial charge in [-0.3, -0.25) is 0 Å².